The SMILES string of the molecule is CC1(C)N=c2ccccc2=C1C(=O)O. The predicted molar refractivity (Wildman–Crippen MR) is 52.3 cm³/mol. The van der Waals surface area contributed by atoms with Crippen LogP contribution >= 0.6 is 0 Å². The van der Waals surface area contributed by atoms with Crippen LogP contribution in [0.3, 0.4) is 0 Å². The van der Waals surface area contributed by atoms with Gasteiger partial charge in [-0.15, -0.1) is 0 Å². The van der Waals surface area contributed by atoms with Crippen molar-refractivity contribution in [3.05, 3.63) is 34.8 Å². The molecular formula is C11H11NO2. The highest BCUT2D eigenvalue weighted by Crippen LogP contribution is 2.22. The maximum Gasteiger partial charge on any atom is 0.334 e. The molecule has 2 rings (SSSR count). The minimum Gasteiger partial charge on any atom is -0.478 e. The van der Waals surface area contributed by atoms with Gasteiger partial charge in [0.2, 0.25) is 0 Å². The highest BCUT2D eigenvalue weighted by atomic mass is 16.4. The van der Waals surface area contributed by atoms with Crippen LogP contribution in [0.1, 0.15) is 13.8 Å². The average Bonchev–Trinajstić information content (AvgIpc) is 2.33. The zero-order valence-corrected chi connectivity index (χ0v) is 8.11. The van der Waals surface area contributed by atoms with E-state index in [1.165, 1.54) is 0 Å². The van der Waals surface area contributed by atoms with E-state index in [4.69, 9.17) is 5.11 Å². The highest BCUT2D eigenvalue weighted by molar-refractivity contribution is 6.12. The smallest absolute Gasteiger partial charge is 0.334 e. The molecule has 3 heteroatoms. The molecule has 0 saturated carbocycles. The number of hydrogen-bond donors (Lipinski definition) is 1. The van der Waals surface area contributed by atoms with E-state index >= 15 is 0 Å². The molecule has 1 aromatic carbocycles. The van der Waals surface area contributed by atoms with Gasteiger partial charge in [0.15, 0.2) is 0 Å². The topological polar surface area (TPSA) is 49.7 Å². The van der Waals surface area contributed by atoms with E-state index in [2.05, 4.69) is 4.99 Å². The summed E-state index contributed by atoms with van der Waals surface area (Å²) in [5.74, 6) is -0.885. The van der Waals surface area contributed by atoms with Crippen molar-refractivity contribution in [3.63, 3.8) is 0 Å². The lowest BCUT2D eigenvalue weighted by Gasteiger charge is -2.15. The first-order valence-electron chi connectivity index (χ1n) is 4.45. The normalized spacial score (nSPS) is 17.4. The van der Waals surface area contributed by atoms with E-state index in [1.54, 1.807) is 6.07 Å². The molecule has 1 heterocycles. The quantitative estimate of drug-likeness (QED) is 0.692. The van der Waals surface area contributed by atoms with Crippen LogP contribution in [0.15, 0.2) is 29.3 Å². The fourth-order valence-corrected chi connectivity index (χ4v) is 1.85. The number of rotatable bonds is 1. The molecule has 1 aliphatic rings. The van der Waals surface area contributed by atoms with E-state index < -0.39 is 11.5 Å². The Kier molecular flexibility index (Phi) is 1.71. The summed E-state index contributed by atoms with van der Waals surface area (Å²) in [6.07, 6.45) is 0. The van der Waals surface area contributed by atoms with Gasteiger partial charge in [-0.25, -0.2) is 4.79 Å². The van der Waals surface area contributed by atoms with Crippen molar-refractivity contribution in [2.45, 2.75) is 19.4 Å². The Morgan fingerprint density at radius 1 is 1.36 bits per heavy atom. The molecule has 0 spiro atoms. The van der Waals surface area contributed by atoms with E-state index in [0.29, 0.717) is 5.57 Å². The number of carboxylic acids is 1. The molecule has 0 fully saturated rings. The van der Waals surface area contributed by atoms with Crippen LogP contribution in [0.25, 0.3) is 5.57 Å². The Hall–Kier alpha value is -1.64. The van der Waals surface area contributed by atoms with E-state index in [-0.39, 0.29) is 0 Å². The van der Waals surface area contributed by atoms with Crippen molar-refractivity contribution in [1.82, 2.24) is 0 Å². The van der Waals surface area contributed by atoms with Gasteiger partial charge in [0.25, 0.3) is 0 Å². The Labute approximate surface area is 81.4 Å². The summed E-state index contributed by atoms with van der Waals surface area (Å²) in [5, 5.41) is 10.6. The molecule has 3 nitrogen and oxygen atoms in total. The summed E-state index contributed by atoms with van der Waals surface area (Å²) in [6, 6.07) is 7.34. The lowest BCUT2D eigenvalue weighted by Crippen LogP contribution is -2.28. The number of nitrogens with zero attached hydrogens (tertiary/aromatic N) is 1. The minimum atomic E-state index is -0.885. The Morgan fingerprint density at radius 3 is 2.64 bits per heavy atom. The van der Waals surface area contributed by atoms with Gasteiger partial charge in [-0.2, -0.15) is 0 Å². The van der Waals surface area contributed by atoms with Gasteiger partial charge in [0.05, 0.1) is 16.5 Å². The summed E-state index contributed by atoms with van der Waals surface area (Å²) in [7, 11) is 0. The van der Waals surface area contributed by atoms with Crippen molar-refractivity contribution in [1.29, 1.82) is 0 Å². The van der Waals surface area contributed by atoms with Gasteiger partial charge in [-0.1, -0.05) is 18.2 Å². The highest BCUT2D eigenvalue weighted by Gasteiger charge is 2.32. The van der Waals surface area contributed by atoms with Crippen molar-refractivity contribution in [3.8, 4) is 0 Å². The van der Waals surface area contributed by atoms with Gasteiger partial charge >= 0.3 is 5.97 Å². The number of para-hydroxylation sites is 1. The maximum atomic E-state index is 11.1. The van der Waals surface area contributed by atoms with E-state index in [9.17, 15) is 4.79 Å². The molecule has 1 N–H and O–H groups in total. The molecule has 1 aliphatic heterocycles. The molecule has 72 valence electrons. The number of carbonyl (C=O) groups is 1. The summed E-state index contributed by atoms with van der Waals surface area (Å²) >= 11 is 0. The second kappa shape index (κ2) is 2.67. The monoisotopic (exact) mass is 189 g/mol. The molecule has 14 heavy (non-hydrogen) atoms. The number of fused-ring (bicyclic) bond motifs is 1. The van der Waals surface area contributed by atoms with E-state index in [0.717, 1.165) is 10.6 Å². The molecule has 0 unspecified atom stereocenters. The Bertz CT molecular complexity index is 514. The van der Waals surface area contributed by atoms with Gasteiger partial charge in [-0.3, -0.25) is 4.99 Å². The molecule has 0 bridgehead atoms. The Morgan fingerprint density at radius 2 is 2.00 bits per heavy atom. The predicted octanol–water partition coefficient (Wildman–Crippen LogP) is 0.334. The number of aliphatic carboxylic acids is 1. The van der Waals surface area contributed by atoms with Gasteiger partial charge in [0, 0.05) is 5.22 Å². The van der Waals surface area contributed by atoms with Crippen molar-refractivity contribution >= 4 is 11.5 Å². The lowest BCUT2D eigenvalue weighted by molar-refractivity contribution is -0.130. The third kappa shape index (κ3) is 1.13. The molecule has 0 saturated heterocycles. The summed E-state index contributed by atoms with van der Waals surface area (Å²) in [4.78, 5) is 15.5. The lowest BCUT2D eigenvalue weighted by atomic mass is 9.95. The van der Waals surface area contributed by atoms with Crippen LogP contribution in [0, 0.1) is 0 Å². The molecule has 0 amide bonds. The van der Waals surface area contributed by atoms with Crippen molar-refractivity contribution in [2.75, 3.05) is 0 Å². The van der Waals surface area contributed by atoms with Crippen LogP contribution in [-0.2, 0) is 4.79 Å². The molecular weight excluding hydrogens is 178 g/mol. The fourth-order valence-electron chi connectivity index (χ4n) is 1.85. The zero-order valence-electron chi connectivity index (χ0n) is 8.11. The molecule has 0 aliphatic carbocycles. The van der Waals surface area contributed by atoms with Crippen LogP contribution in [0.5, 0.6) is 0 Å². The second-order valence-electron chi connectivity index (χ2n) is 3.87. The average molecular weight is 189 g/mol. The summed E-state index contributed by atoms with van der Waals surface area (Å²) < 4.78 is 0. The molecule has 0 radical (unpaired) electrons. The standard InChI is InChI=1S/C11H11NO2/c1-11(2)9(10(13)14)7-5-3-4-6-8(7)12-11/h3-6H,1-2H3,(H,13,14). The molecule has 0 atom stereocenters. The second-order valence-corrected chi connectivity index (χ2v) is 3.87. The number of hydrogen-bond acceptors (Lipinski definition) is 2. The van der Waals surface area contributed by atoms with E-state index in [1.807, 2.05) is 32.0 Å². The van der Waals surface area contributed by atoms with Crippen LogP contribution in [0.2, 0.25) is 0 Å². The zero-order chi connectivity index (χ0) is 10.3. The third-order valence-electron chi connectivity index (χ3n) is 2.40. The van der Waals surface area contributed by atoms with Crippen LogP contribution in [-0.4, -0.2) is 16.6 Å². The largest absolute Gasteiger partial charge is 0.478 e. The minimum absolute atomic E-state index is 0.383. The first-order valence-corrected chi connectivity index (χ1v) is 4.45. The first-order chi connectivity index (χ1) is 6.52. The van der Waals surface area contributed by atoms with Crippen molar-refractivity contribution in [2.24, 2.45) is 4.99 Å². The van der Waals surface area contributed by atoms with Crippen molar-refractivity contribution < 1.29 is 9.90 Å². The first kappa shape index (κ1) is 8.94. The van der Waals surface area contributed by atoms with Crippen LogP contribution < -0.4 is 10.6 Å². The maximum absolute atomic E-state index is 11.1. The van der Waals surface area contributed by atoms with Gasteiger partial charge in [-0.05, 0) is 19.9 Å². The number of benzene rings is 1. The fraction of sp³-hybridized carbons (Fsp3) is 0.273. The number of carboxylic acid groups (broad SMARTS) is 1. The van der Waals surface area contributed by atoms with Gasteiger partial charge < -0.3 is 5.11 Å². The Balaban J connectivity index is 2.90. The van der Waals surface area contributed by atoms with Gasteiger partial charge in [0.1, 0.15) is 0 Å². The molecule has 1 aromatic rings. The summed E-state index contributed by atoms with van der Waals surface area (Å²) in [6.45, 7) is 3.63. The third-order valence-corrected chi connectivity index (χ3v) is 2.40. The summed E-state index contributed by atoms with van der Waals surface area (Å²) in [5.41, 5.74) is -0.233. The molecule has 0 aromatic heterocycles. The van der Waals surface area contributed by atoms with Crippen LogP contribution in [0.4, 0.5) is 0 Å².